The molecule has 0 aliphatic heterocycles. The highest BCUT2D eigenvalue weighted by atomic mass is 16.5. The molecule has 0 aromatic heterocycles. The topological polar surface area (TPSA) is 70.3 Å². The predicted molar refractivity (Wildman–Crippen MR) is 83.0 cm³/mol. The van der Waals surface area contributed by atoms with Crippen LogP contribution in [0.2, 0.25) is 0 Å². The Kier molecular flexibility index (Phi) is 3.24. The van der Waals surface area contributed by atoms with Crippen molar-refractivity contribution >= 4 is 5.97 Å². The van der Waals surface area contributed by atoms with Gasteiger partial charge in [0.2, 0.25) is 0 Å². The van der Waals surface area contributed by atoms with Crippen LogP contribution in [-0.4, -0.2) is 16.7 Å². The maximum atomic E-state index is 12.8. The largest absolute Gasteiger partial charge is 0.460 e. The molecular formula is C19H21NO3. The number of carbonyl (C=O) groups is 1. The molecule has 0 spiro atoms. The lowest BCUT2D eigenvalue weighted by molar-refractivity contribution is -0.197. The minimum absolute atomic E-state index is 0.160. The van der Waals surface area contributed by atoms with Crippen LogP contribution >= 0.6 is 0 Å². The van der Waals surface area contributed by atoms with Gasteiger partial charge in [-0.3, -0.25) is 4.79 Å². The predicted octanol–water partition coefficient (Wildman–Crippen LogP) is 2.93. The van der Waals surface area contributed by atoms with Gasteiger partial charge in [0.15, 0.2) is 0 Å². The second-order valence-electron chi connectivity index (χ2n) is 7.85. The average molecular weight is 311 g/mol. The first-order valence-corrected chi connectivity index (χ1v) is 8.39. The first-order valence-electron chi connectivity index (χ1n) is 8.39. The van der Waals surface area contributed by atoms with Gasteiger partial charge in [-0.15, -0.1) is 0 Å². The number of ether oxygens (including phenoxy) is 1. The van der Waals surface area contributed by atoms with E-state index >= 15 is 0 Å². The molecule has 4 aliphatic carbocycles. The lowest BCUT2D eigenvalue weighted by Gasteiger charge is -2.58. The van der Waals surface area contributed by atoms with Crippen molar-refractivity contribution in [1.82, 2.24) is 0 Å². The van der Waals surface area contributed by atoms with Crippen molar-refractivity contribution in [3.05, 3.63) is 35.4 Å². The summed E-state index contributed by atoms with van der Waals surface area (Å²) in [7, 11) is 0. The third kappa shape index (κ3) is 2.53. The van der Waals surface area contributed by atoms with E-state index in [1.54, 1.807) is 18.2 Å². The lowest BCUT2D eigenvalue weighted by atomic mass is 9.48. The zero-order chi connectivity index (χ0) is 16.1. The van der Waals surface area contributed by atoms with E-state index in [4.69, 9.17) is 10.00 Å². The van der Waals surface area contributed by atoms with Crippen molar-refractivity contribution in [2.45, 2.75) is 50.7 Å². The molecule has 5 rings (SSSR count). The van der Waals surface area contributed by atoms with Gasteiger partial charge in [0, 0.05) is 0 Å². The van der Waals surface area contributed by atoms with Gasteiger partial charge in [-0.05, 0) is 68.1 Å². The molecule has 23 heavy (non-hydrogen) atoms. The summed E-state index contributed by atoms with van der Waals surface area (Å²) in [4.78, 5) is 12.8. The first-order chi connectivity index (χ1) is 11.0. The molecule has 120 valence electrons. The zero-order valence-electron chi connectivity index (χ0n) is 13.1. The summed E-state index contributed by atoms with van der Waals surface area (Å²) in [6.45, 7) is 0.198. The summed E-state index contributed by atoms with van der Waals surface area (Å²) >= 11 is 0. The van der Waals surface area contributed by atoms with Crippen molar-refractivity contribution in [2.24, 2.45) is 17.3 Å². The van der Waals surface area contributed by atoms with Gasteiger partial charge in [0.25, 0.3) is 0 Å². The third-order valence-electron chi connectivity index (χ3n) is 5.89. The summed E-state index contributed by atoms with van der Waals surface area (Å²) in [6, 6.07) is 9.24. The summed E-state index contributed by atoms with van der Waals surface area (Å²) in [5, 5.41) is 19.7. The molecule has 1 N–H and O–H groups in total. The molecule has 4 aliphatic rings. The van der Waals surface area contributed by atoms with Gasteiger partial charge in [0.1, 0.15) is 6.61 Å². The third-order valence-corrected chi connectivity index (χ3v) is 5.89. The van der Waals surface area contributed by atoms with Gasteiger partial charge in [-0.25, -0.2) is 0 Å². The number of rotatable bonds is 3. The number of nitrogens with zero attached hydrogens (tertiary/aromatic N) is 1. The molecule has 0 amide bonds. The molecule has 4 nitrogen and oxygen atoms in total. The normalized spacial score (nSPS) is 37.4. The maximum Gasteiger partial charge on any atom is 0.312 e. The highest BCUT2D eigenvalue weighted by Crippen LogP contribution is 2.62. The number of carbonyl (C=O) groups excluding carboxylic acids is 1. The van der Waals surface area contributed by atoms with Crippen LogP contribution in [0.15, 0.2) is 24.3 Å². The van der Waals surface area contributed by atoms with E-state index < -0.39 is 11.0 Å². The molecule has 4 saturated carbocycles. The minimum atomic E-state index is -0.649. The number of esters is 1. The zero-order valence-corrected chi connectivity index (χ0v) is 13.1. The van der Waals surface area contributed by atoms with Crippen LogP contribution in [0.1, 0.15) is 49.7 Å². The Morgan fingerprint density at radius 1 is 1.30 bits per heavy atom. The van der Waals surface area contributed by atoms with Crippen molar-refractivity contribution in [1.29, 1.82) is 5.26 Å². The molecule has 4 heteroatoms. The van der Waals surface area contributed by atoms with Crippen molar-refractivity contribution in [3.8, 4) is 6.07 Å². The number of hydrogen-bond donors (Lipinski definition) is 1. The summed E-state index contributed by atoms with van der Waals surface area (Å²) in [6.07, 6.45) is 5.14. The van der Waals surface area contributed by atoms with Crippen molar-refractivity contribution in [2.75, 3.05) is 0 Å². The Balaban J connectivity index is 1.48. The van der Waals surface area contributed by atoms with E-state index in [1.165, 1.54) is 0 Å². The summed E-state index contributed by atoms with van der Waals surface area (Å²) in [5.74, 6) is 0.777. The monoisotopic (exact) mass is 311 g/mol. The Hall–Kier alpha value is -1.86. The summed E-state index contributed by atoms with van der Waals surface area (Å²) < 4.78 is 5.60. The molecule has 4 bridgehead atoms. The summed E-state index contributed by atoms with van der Waals surface area (Å²) in [5.41, 5.74) is 0.277. The molecule has 0 radical (unpaired) electrons. The number of benzene rings is 1. The van der Waals surface area contributed by atoms with Gasteiger partial charge in [0.05, 0.1) is 22.6 Å². The number of hydrogen-bond acceptors (Lipinski definition) is 4. The smallest absolute Gasteiger partial charge is 0.312 e. The molecule has 1 aromatic rings. The van der Waals surface area contributed by atoms with E-state index in [0.29, 0.717) is 23.8 Å². The Labute approximate surface area is 136 Å². The molecular weight excluding hydrogens is 290 g/mol. The van der Waals surface area contributed by atoms with Crippen LogP contribution in [0.25, 0.3) is 0 Å². The van der Waals surface area contributed by atoms with Crippen LogP contribution in [0, 0.1) is 28.6 Å². The quantitative estimate of drug-likeness (QED) is 0.871. The second kappa shape index (κ2) is 5.07. The van der Waals surface area contributed by atoms with E-state index in [-0.39, 0.29) is 12.6 Å². The number of nitriles is 1. The fourth-order valence-corrected chi connectivity index (χ4v) is 5.49. The van der Waals surface area contributed by atoms with Crippen LogP contribution < -0.4 is 0 Å². The molecule has 0 heterocycles. The SMILES string of the molecule is N#Cc1cccc(COC(=O)C23C[C@@H]4C[C@@H](CC(O)(C4)C2)C3)c1. The van der Waals surface area contributed by atoms with Gasteiger partial charge in [-0.1, -0.05) is 12.1 Å². The average Bonchev–Trinajstić information content (AvgIpc) is 2.50. The van der Waals surface area contributed by atoms with Crippen molar-refractivity contribution in [3.63, 3.8) is 0 Å². The van der Waals surface area contributed by atoms with Crippen LogP contribution in [0.3, 0.4) is 0 Å². The van der Waals surface area contributed by atoms with Crippen LogP contribution in [0.4, 0.5) is 0 Å². The minimum Gasteiger partial charge on any atom is -0.460 e. The van der Waals surface area contributed by atoms with Gasteiger partial charge >= 0.3 is 5.97 Å². The highest BCUT2D eigenvalue weighted by molar-refractivity contribution is 5.77. The Morgan fingerprint density at radius 3 is 2.70 bits per heavy atom. The number of aliphatic hydroxyl groups is 1. The molecule has 0 saturated heterocycles. The lowest BCUT2D eigenvalue weighted by Crippen LogP contribution is -2.58. The van der Waals surface area contributed by atoms with E-state index in [0.717, 1.165) is 37.7 Å². The molecule has 1 aromatic carbocycles. The maximum absolute atomic E-state index is 12.8. The van der Waals surface area contributed by atoms with Gasteiger partial charge < -0.3 is 9.84 Å². The fraction of sp³-hybridized carbons (Fsp3) is 0.579. The molecule has 2 unspecified atom stereocenters. The standard InChI is InChI=1S/C19H21NO3/c20-10-13-2-1-3-14(4-13)11-23-17(21)18-6-15-5-16(7-18)9-19(22,8-15)12-18/h1-4,15-16,22H,5-9,11-12H2/t15-,16+,18?,19?. The molecule has 4 atom stereocenters. The van der Waals surface area contributed by atoms with Crippen LogP contribution in [0.5, 0.6) is 0 Å². The van der Waals surface area contributed by atoms with Gasteiger partial charge in [-0.2, -0.15) is 5.26 Å². The van der Waals surface area contributed by atoms with Crippen LogP contribution in [-0.2, 0) is 16.1 Å². The van der Waals surface area contributed by atoms with E-state index in [2.05, 4.69) is 6.07 Å². The first kappa shape index (κ1) is 14.7. The van der Waals surface area contributed by atoms with E-state index in [9.17, 15) is 9.90 Å². The van der Waals surface area contributed by atoms with Crippen molar-refractivity contribution < 1.29 is 14.6 Å². The second-order valence-corrected chi connectivity index (χ2v) is 7.85. The van der Waals surface area contributed by atoms with E-state index in [1.807, 2.05) is 6.07 Å². The Bertz CT molecular complexity index is 676. The Morgan fingerprint density at radius 2 is 2.04 bits per heavy atom. The highest BCUT2D eigenvalue weighted by Gasteiger charge is 2.60. The molecule has 4 fully saturated rings. The fourth-order valence-electron chi connectivity index (χ4n) is 5.49.